The molecule has 0 bridgehead atoms. The molecule has 1 N–H and O–H groups in total. The van der Waals surface area contributed by atoms with Gasteiger partial charge in [-0.25, -0.2) is 13.8 Å². The van der Waals surface area contributed by atoms with Crippen molar-refractivity contribution in [3.8, 4) is 6.07 Å². The van der Waals surface area contributed by atoms with Crippen molar-refractivity contribution in [3.63, 3.8) is 0 Å². The number of nitriles is 1. The highest BCUT2D eigenvalue weighted by Crippen LogP contribution is 2.29. The third-order valence-electron chi connectivity index (χ3n) is 3.38. The number of pyridine rings is 1. The quantitative estimate of drug-likeness (QED) is 0.922. The molecule has 21 heavy (non-hydrogen) atoms. The topological polar surface area (TPSA) is 52.0 Å². The lowest BCUT2D eigenvalue weighted by Crippen LogP contribution is -2.34. The minimum Gasteiger partial charge on any atom is -0.367 e. The predicted octanol–water partition coefficient (Wildman–Crippen LogP) is 2.66. The Balaban J connectivity index is 1.95. The summed E-state index contributed by atoms with van der Waals surface area (Å²) in [5.74, 6) is -0.261. The lowest BCUT2D eigenvalue weighted by atomic mass is 10.1. The van der Waals surface area contributed by atoms with E-state index in [9.17, 15) is 8.78 Å². The molecule has 1 aromatic carbocycles. The summed E-state index contributed by atoms with van der Waals surface area (Å²) in [5.41, 5.74) is 1.44. The first-order valence-electron chi connectivity index (χ1n) is 6.50. The Morgan fingerprint density at radius 1 is 1.33 bits per heavy atom. The van der Waals surface area contributed by atoms with Crippen molar-refractivity contribution < 1.29 is 8.78 Å². The summed E-state index contributed by atoms with van der Waals surface area (Å²) >= 11 is 0. The van der Waals surface area contributed by atoms with Crippen LogP contribution in [-0.4, -0.2) is 18.1 Å². The number of hydrogen-bond donors (Lipinski definition) is 1. The van der Waals surface area contributed by atoms with Gasteiger partial charge < -0.3 is 10.2 Å². The fourth-order valence-electron chi connectivity index (χ4n) is 2.36. The van der Waals surface area contributed by atoms with Gasteiger partial charge in [-0.3, -0.25) is 0 Å². The second-order valence-corrected chi connectivity index (χ2v) is 4.79. The van der Waals surface area contributed by atoms with Gasteiger partial charge in [0.2, 0.25) is 0 Å². The molecule has 1 aliphatic heterocycles. The van der Waals surface area contributed by atoms with Crippen LogP contribution in [0.2, 0.25) is 0 Å². The van der Waals surface area contributed by atoms with Gasteiger partial charge in [-0.1, -0.05) is 0 Å². The van der Waals surface area contributed by atoms with E-state index in [0.29, 0.717) is 24.5 Å². The summed E-state index contributed by atoms with van der Waals surface area (Å²) in [7, 11) is 0. The molecule has 2 heterocycles. The van der Waals surface area contributed by atoms with Gasteiger partial charge in [0, 0.05) is 31.4 Å². The van der Waals surface area contributed by atoms with E-state index in [-0.39, 0.29) is 12.1 Å². The van der Waals surface area contributed by atoms with Crippen LogP contribution in [0.5, 0.6) is 0 Å². The first-order chi connectivity index (χ1) is 10.2. The second kappa shape index (κ2) is 5.37. The largest absolute Gasteiger partial charge is 0.367 e. The zero-order valence-electron chi connectivity index (χ0n) is 11.1. The van der Waals surface area contributed by atoms with E-state index in [1.807, 2.05) is 11.0 Å². The molecule has 4 nitrogen and oxygen atoms in total. The highest BCUT2D eigenvalue weighted by atomic mass is 19.1. The maximum absolute atomic E-state index is 13.8. The van der Waals surface area contributed by atoms with Gasteiger partial charge in [-0.15, -0.1) is 0 Å². The summed E-state index contributed by atoms with van der Waals surface area (Å²) in [6, 6.07) is 7.14. The molecule has 0 aliphatic carbocycles. The zero-order chi connectivity index (χ0) is 14.8. The maximum Gasteiger partial charge on any atom is 0.149 e. The van der Waals surface area contributed by atoms with E-state index >= 15 is 0 Å². The molecular formula is C15H12F2N4. The molecule has 3 rings (SSSR count). The van der Waals surface area contributed by atoms with E-state index in [1.54, 1.807) is 6.07 Å². The van der Waals surface area contributed by atoms with E-state index in [4.69, 9.17) is 5.26 Å². The Bertz CT molecular complexity index is 724. The molecule has 0 fully saturated rings. The highest BCUT2D eigenvalue weighted by Gasteiger charge is 2.19. The van der Waals surface area contributed by atoms with Gasteiger partial charge in [-0.2, -0.15) is 5.26 Å². The number of anilines is 2. The van der Waals surface area contributed by atoms with Gasteiger partial charge in [0.25, 0.3) is 0 Å². The van der Waals surface area contributed by atoms with Gasteiger partial charge in [-0.05, 0) is 24.3 Å². The number of benzene rings is 1. The fourth-order valence-corrected chi connectivity index (χ4v) is 2.36. The average Bonchev–Trinajstić information content (AvgIpc) is 2.51. The molecule has 1 aromatic heterocycles. The number of aromatic nitrogens is 1. The average molecular weight is 286 g/mol. The predicted molar refractivity (Wildman–Crippen MR) is 74.8 cm³/mol. The number of fused-ring (bicyclic) bond motifs is 1. The Morgan fingerprint density at radius 2 is 2.19 bits per heavy atom. The Morgan fingerprint density at radius 3 is 3.00 bits per heavy atom. The number of hydrogen-bond acceptors (Lipinski definition) is 4. The van der Waals surface area contributed by atoms with Crippen molar-refractivity contribution in [3.05, 3.63) is 53.2 Å². The van der Waals surface area contributed by atoms with Crippen LogP contribution in [0.4, 0.5) is 20.3 Å². The normalized spacial score (nSPS) is 13.3. The second-order valence-electron chi connectivity index (χ2n) is 4.79. The number of halogens is 2. The van der Waals surface area contributed by atoms with Gasteiger partial charge in [0.1, 0.15) is 23.5 Å². The van der Waals surface area contributed by atoms with Crippen LogP contribution in [0.15, 0.2) is 30.5 Å². The first kappa shape index (κ1) is 13.3. The fraction of sp³-hybridized carbons (Fsp3) is 0.200. The lowest BCUT2D eigenvalue weighted by Gasteiger charge is -2.31. The highest BCUT2D eigenvalue weighted by molar-refractivity contribution is 5.69. The molecule has 0 saturated carbocycles. The summed E-state index contributed by atoms with van der Waals surface area (Å²) in [5, 5.41) is 12.1. The van der Waals surface area contributed by atoms with Crippen LogP contribution in [0.25, 0.3) is 0 Å². The molecule has 106 valence electrons. The summed E-state index contributed by atoms with van der Waals surface area (Å²) in [6.07, 6.45) is 1.48. The maximum atomic E-state index is 13.8. The van der Waals surface area contributed by atoms with Crippen LogP contribution in [0.3, 0.4) is 0 Å². The summed E-state index contributed by atoms with van der Waals surface area (Å²) in [4.78, 5) is 6.07. The minimum atomic E-state index is -0.467. The molecule has 6 heteroatoms. The van der Waals surface area contributed by atoms with Crippen LogP contribution >= 0.6 is 0 Å². The molecule has 0 saturated heterocycles. The molecular weight excluding hydrogens is 274 g/mol. The van der Waals surface area contributed by atoms with Crippen LogP contribution < -0.4 is 10.2 Å². The minimum absolute atomic E-state index is 0.231. The van der Waals surface area contributed by atoms with E-state index in [2.05, 4.69) is 10.3 Å². The Hall–Kier alpha value is -2.68. The number of nitrogens with one attached hydrogen (secondary N) is 1. The molecule has 0 amide bonds. The SMILES string of the molecule is N#Cc1cnc2c(c1)N(Cc1cc(F)ccc1F)CCN2. The Kier molecular flexibility index (Phi) is 3.40. The Labute approximate surface area is 120 Å². The van der Waals surface area contributed by atoms with Crippen molar-refractivity contribution in [2.75, 3.05) is 23.3 Å². The van der Waals surface area contributed by atoms with E-state index in [1.165, 1.54) is 12.3 Å². The first-order valence-corrected chi connectivity index (χ1v) is 6.50. The monoisotopic (exact) mass is 286 g/mol. The van der Waals surface area contributed by atoms with Crippen molar-refractivity contribution in [2.45, 2.75) is 6.54 Å². The zero-order valence-corrected chi connectivity index (χ0v) is 11.1. The number of nitrogens with zero attached hydrogens (tertiary/aromatic N) is 3. The third kappa shape index (κ3) is 2.63. The van der Waals surface area contributed by atoms with E-state index < -0.39 is 11.6 Å². The van der Waals surface area contributed by atoms with Crippen molar-refractivity contribution in [1.29, 1.82) is 5.26 Å². The molecule has 0 atom stereocenters. The molecule has 0 unspecified atom stereocenters. The lowest BCUT2D eigenvalue weighted by molar-refractivity contribution is 0.580. The van der Waals surface area contributed by atoms with Crippen LogP contribution in [0.1, 0.15) is 11.1 Å². The van der Waals surface area contributed by atoms with E-state index in [0.717, 1.165) is 17.8 Å². The van der Waals surface area contributed by atoms with Crippen molar-refractivity contribution >= 4 is 11.5 Å². The number of rotatable bonds is 2. The summed E-state index contributed by atoms with van der Waals surface area (Å²) < 4.78 is 27.0. The summed E-state index contributed by atoms with van der Waals surface area (Å²) in [6.45, 7) is 1.51. The smallest absolute Gasteiger partial charge is 0.149 e. The van der Waals surface area contributed by atoms with Crippen molar-refractivity contribution in [2.24, 2.45) is 0 Å². The van der Waals surface area contributed by atoms with Crippen LogP contribution in [-0.2, 0) is 6.54 Å². The van der Waals surface area contributed by atoms with Crippen LogP contribution in [0, 0.1) is 23.0 Å². The molecule has 0 radical (unpaired) electrons. The molecule has 0 spiro atoms. The van der Waals surface area contributed by atoms with Gasteiger partial charge in [0.05, 0.1) is 11.3 Å². The standard InChI is InChI=1S/C15H12F2N4/c16-12-1-2-13(17)11(6-12)9-21-4-3-19-15-14(21)5-10(7-18)8-20-15/h1-2,5-6,8H,3-4,9H2,(H,19,20). The van der Waals surface area contributed by atoms with Gasteiger partial charge >= 0.3 is 0 Å². The van der Waals surface area contributed by atoms with Gasteiger partial charge in [0.15, 0.2) is 0 Å². The van der Waals surface area contributed by atoms with Crippen molar-refractivity contribution in [1.82, 2.24) is 4.98 Å². The third-order valence-corrected chi connectivity index (χ3v) is 3.38. The molecule has 1 aliphatic rings. The molecule has 2 aromatic rings.